The molecule has 0 saturated carbocycles. The summed E-state index contributed by atoms with van der Waals surface area (Å²) >= 11 is 0. The fourth-order valence-corrected chi connectivity index (χ4v) is 4.29. The van der Waals surface area contributed by atoms with Gasteiger partial charge in [-0.2, -0.15) is 0 Å². The summed E-state index contributed by atoms with van der Waals surface area (Å²) in [7, 11) is -3.55. The first-order valence-electron chi connectivity index (χ1n) is 9.87. The molecular weight excluding hydrogens is 414 g/mol. The lowest BCUT2D eigenvalue weighted by atomic mass is 9.86. The van der Waals surface area contributed by atoms with Gasteiger partial charge in [-0.3, -0.25) is 4.72 Å². The van der Waals surface area contributed by atoms with Crippen molar-refractivity contribution in [3.63, 3.8) is 0 Å². The largest absolute Gasteiger partial charge is 0.479 e. The van der Waals surface area contributed by atoms with E-state index in [0.717, 1.165) is 22.6 Å². The third kappa shape index (κ3) is 5.24. The number of fused-ring (bicyclic) bond motifs is 1. The summed E-state index contributed by atoms with van der Waals surface area (Å²) in [6.07, 6.45) is -0.146. The summed E-state index contributed by atoms with van der Waals surface area (Å²) in [6, 6.07) is 16.5. The van der Waals surface area contributed by atoms with Crippen molar-refractivity contribution in [1.82, 2.24) is 0 Å². The molecule has 0 unspecified atom stereocenters. The summed E-state index contributed by atoms with van der Waals surface area (Å²) in [4.78, 5) is 12.3. The third-order valence-corrected chi connectivity index (χ3v) is 5.34. The molecule has 0 fully saturated rings. The Morgan fingerprint density at radius 1 is 1.06 bits per heavy atom. The molecule has 0 radical (unpaired) electrons. The number of carbonyl (C=O) groups is 1. The molecule has 0 bridgehead atoms. The van der Waals surface area contributed by atoms with Crippen molar-refractivity contribution in [2.45, 2.75) is 39.4 Å². The number of hydrogen-bond acceptors (Lipinski definition) is 4. The van der Waals surface area contributed by atoms with Crippen LogP contribution in [0.25, 0.3) is 21.9 Å². The van der Waals surface area contributed by atoms with Crippen LogP contribution >= 0.6 is 0 Å². The first-order chi connectivity index (χ1) is 14.4. The highest BCUT2D eigenvalue weighted by Gasteiger charge is 2.32. The fourth-order valence-electron chi connectivity index (χ4n) is 3.71. The number of carboxylic acid groups (broad SMARTS) is 1. The van der Waals surface area contributed by atoms with Gasteiger partial charge in [-0.15, -0.1) is 0 Å². The van der Waals surface area contributed by atoms with E-state index in [1.165, 1.54) is 0 Å². The molecule has 0 aromatic heterocycles. The highest BCUT2D eigenvalue weighted by molar-refractivity contribution is 7.92. The Bertz CT molecular complexity index is 1240. The van der Waals surface area contributed by atoms with E-state index >= 15 is 0 Å². The SMILES string of the molecule is Cc1cc2ccccc2c(-c2ccccc2NS(C)(=O)=O)c1[C@H](OC(C)(C)C)C(=O)O. The van der Waals surface area contributed by atoms with Gasteiger partial charge in [0.05, 0.1) is 17.5 Å². The minimum Gasteiger partial charge on any atom is -0.479 e. The first-order valence-corrected chi connectivity index (χ1v) is 11.8. The van der Waals surface area contributed by atoms with Gasteiger partial charge in [0.1, 0.15) is 0 Å². The smallest absolute Gasteiger partial charge is 0.337 e. The van der Waals surface area contributed by atoms with Crippen LogP contribution in [0.3, 0.4) is 0 Å². The molecular formula is C24H27NO5S. The lowest BCUT2D eigenvalue weighted by Crippen LogP contribution is -2.28. The molecule has 3 aromatic rings. The van der Waals surface area contributed by atoms with Crippen molar-refractivity contribution < 1.29 is 23.1 Å². The summed E-state index contributed by atoms with van der Waals surface area (Å²) in [5.41, 5.74) is 2.15. The second kappa shape index (κ2) is 8.32. The van der Waals surface area contributed by atoms with Crippen LogP contribution in [0.2, 0.25) is 0 Å². The van der Waals surface area contributed by atoms with Gasteiger partial charge in [-0.05, 0) is 55.7 Å². The molecule has 0 aliphatic rings. The van der Waals surface area contributed by atoms with Gasteiger partial charge in [0.2, 0.25) is 10.0 Å². The summed E-state index contributed by atoms with van der Waals surface area (Å²) in [5, 5.41) is 11.8. The predicted molar refractivity (Wildman–Crippen MR) is 124 cm³/mol. The van der Waals surface area contributed by atoms with Crippen LogP contribution in [0.15, 0.2) is 54.6 Å². The van der Waals surface area contributed by atoms with Crippen molar-refractivity contribution in [1.29, 1.82) is 0 Å². The Kier molecular flexibility index (Phi) is 6.11. The van der Waals surface area contributed by atoms with Crippen LogP contribution in [0.1, 0.15) is 38.0 Å². The number of anilines is 1. The third-order valence-electron chi connectivity index (χ3n) is 4.75. The van der Waals surface area contributed by atoms with E-state index in [0.29, 0.717) is 22.4 Å². The monoisotopic (exact) mass is 441 g/mol. The fraction of sp³-hybridized carbons (Fsp3) is 0.292. The number of ether oxygens (including phenoxy) is 1. The number of para-hydroxylation sites is 1. The number of sulfonamides is 1. The van der Waals surface area contributed by atoms with Crippen molar-refractivity contribution in [3.05, 3.63) is 65.7 Å². The lowest BCUT2D eigenvalue weighted by Gasteiger charge is -2.29. The second-order valence-electron chi connectivity index (χ2n) is 8.57. The van der Waals surface area contributed by atoms with Crippen LogP contribution in [0.4, 0.5) is 5.69 Å². The number of aryl methyl sites for hydroxylation is 1. The molecule has 3 rings (SSSR count). The zero-order chi connectivity index (χ0) is 23.0. The van der Waals surface area contributed by atoms with Crippen LogP contribution in [0.5, 0.6) is 0 Å². The molecule has 1 atom stereocenters. The Labute approximate surface area is 182 Å². The van der Waals surface area contributed by atoms with Crippen molar-refractivity contribution in [2.24, 2.45) is 0 Å². The molecule has 0 aliphatic carbocycles. The molecule has 0 spiro atoms. The van der Waals surface area contributed by atoms with Gasteiger partial charge in [0.15, 0.2) is 6.10 Å². The zero-order valence-electron chi connectivity index (χ0n) is 18.3. The van der Waals surface area contributed by atoms with E-state index in [1.807, 2.05) is 37.3 Å². The molecule has 7 heteroatoms. The number of nitrogens with one attached hydrogen (secondary N) is 1. The summed E-state index contributed by atoms with van der Waals surface area (Å²) < 4.78 is 32.5. The molecule has 2 N–H and O–H groups in total. The molecule has 164 valence electrons. The number of carboxylic acids is 1. The van der Waals surface area contributed by atoms with Crippen molar-refractivity contribution >= 4 is 32.5 Å². The van der Waals surface area contributed by atoms with Crippen molar-refractivity contribution in [2.75, 3.05) is 11.0 Å². The predicted octanol–water partition coefficient (Wildman–Crippen LogP) is 5.13. The van der Waals surface area contributed by atoms with Crippen LogP contribution in [-0.2, 0) is 19.6 Å². The normalized spacial score (nSPS) is 13.2. The van der Waals surface area contributed by atoms with Gasteiger partial charge >= 0.3 is 5.97 Å². The quantitative estimate of drug-likeness (QED) is 0.553. The van der Waals surface area contributed by atoms with E-state index in [1.54, 1.807) is 45.0 Å². The molecule has 31 heavy (non-hydrogen) atoms. The first kappa shape index (κ1) is 22.8. The highest BCUT2D eigenvalue weighted by atomic mass is 32.2. The molecule has 0 aliphatic heterocycles. The highest BCUT2D eigenvalue weighted by Crippen LogP contribution is 2.43. The van der Waals surface area contributed by atoms with Gasteiger partial charge in [-0.25, -0.2) is 13.2 Å². The molecule has 0 amide bonds. The minimum atomic E-state index is -3.55. The van der Waals surface area contributed by atoms with Gasteiger partial charge in [0.25, 0.3) is 0 Å². The van der Waals surface area contributed by atoms with Gasteiger partial charge in [-0.1, -0.05) is 48.5 Å². The van der Waals surface area contributed by atoms with Crippen molar-refractivity contribution in [3.8, 4) is 11.1 Å². The molecule has 0 saturated heterocycles. The van der Waals surface area contributed by atoms with Crippen LogP contribution in [0, 0.1) is 6.92 Å². The lowest BCUT2D eigenvalue weighted by molar-refractivity contribution is -0.160. The molecule has 3 aromatic carbocycles. The second-order valence-corrected chi connectivity index (χ2v) is 10.3. The molecule has 0 heterocycles. The number of benzene rings is 3. The number of aliphatic carboxylic acids is 1. The van der Waals surface area contributed by atoms with Gasteiger partial charge in [0, 0.05) is 11.1 Å². The maximum absolute atomic E-state index is 12.3. The Morgan fingerprint density at radius 2 is 1.68 bits per heavy atom. The summed E-state index contributed by atoms with van der Waals surface area (Å²) in [6.45, 7) is 7.26. The average Bonchev–Trinajstić information content (AvgIpc) is 2.64. The topological polar surface area (TPSA) is 92.7 Å². The maximum Gasteiger partial charge on any atom is 0.337 e. The average molecular weight is 442 g/mol. The number of rotatable bonds is 6. The van der Waals surface area contributed by atoms with Gasteiger partial charge < -0.3 is 9.84 Å². The zero-order valence-corrected chi connectivity index (χ0v) is 19.1. The van der Waals surface area contributed by atoms with E-state index in [2.05, 4.69) is 4.72 Å². The Morgan fingerprint density at radius 3 is 2.29 bits per heavy atom. The minimum absolute atomic E-state index is 0.377. The Hall–Kier alpha value is -2.90. The maximum atomic E-state index is 12.3. The van der Waals surface area contributed by atoms with Crippen LogP contribution in [-0.4, -0.2) is 31.4 Å². The van der Waals surface area contributed by atoms with E-state index in [-0.39, 0.29) is 0 Å². The summed E-state index contributed by atoms with van der Waals surface area (Å²) in [5.74, 6) is -1.11. The van der Waals surface area contributed by atoms with Crippen LogP contribution < -0.4 is 4.72 Å². The Balaban J connectivity index is 2.43. The number of hydrogen-bond donors (Lipinski definition) is 2. The van der Waals surface area contributed by atoms with E-state index in [4.69, 9.17) is 4.74 Å². The van der Waals surface area contributed by atoms with E-state index < -0.39 is 27.7 Å². The van der Waals surface area contributed by atoms with E-state index in [9.17, 15) is 18.3 Å². The molecule has 6 nitrogen and oxygen atoms in total. The standard InChI is InChI=1S/C24H27NO5S/c1-15-14-16-10-6-7-11-17(16)21(20(15)22(23(26)27)30-24(2,3)4)18-12-8-9-13-19(18)25-31(5,28)29/h6-14,22,25H,1-5H3,(H,26,27)/t22-/m0/s1.